The first-order chi connectivity index (χ1) is 22.5. The number of rotatable bonds is 18. The van der Waals surface area contributed by atoms with E-state index in [-0.39, 0.29) is 60.3 Å². The van der Waals surface area contributed by atoms with E-state index >= 15 is 0 Å². The number of urea groups is 1. The van der Waals surface area contributed by atoms with Gasteiger partial charge in [-0.2, -0.15) is 26.3 Å². The van der Waals surface area contributed by atoms with Crippen molar-refractivity contribution in [3.05, 3.63) is 35.4 Å². The van der Waals surface area contributed by atoms with Crippen molar-refractivity contribution >= 4 is 40.2 Å². The average Bonchev–Trinajstić information content (AvgIpc) is 3.00. The fourth-order valence-corrected chi connectivity index (χ4v) is 5.40. The number of likely N-dealkylation sites (N-methyl/N-ethyl adjacent to an activating group) is 2. The molecule has 0 bridgehead atoms. The number of carbonyl (C=O) groups excluding carboxylic acids is 1. The quantitative estimate of drug-likeness (QED) is 0.0959. The average molecular weight is 693 g/mol. The van der Waals surface area contributed by atoms with E-state index in [1.54, 1.807) is 9.80 Å². The Hall–Kier alpha value is -3.67. The van der Waals surface area contributed by atoms with Crippen LogP contribution in [0.2, 0.25) is 0 Å². The van der Waals surface area contributed by atoms with Crippen molar-refractivity contribution < 1.29 is 31.1 Å². The third-order valence-corrected chi connectivity index (χ3v) is 8.02. The van der Waals surface area contributed by atoms with Crippen molar-refractivity contribution in [2.45, 2.75) is 40.0 Å². The predicted octanol–water partition coefficient (Wildman–Crippen LogP) is 4.75. The molecule has 0 spiro atoms. The SMILES string of the molecule is CCN(CC)CCN(CCN)c1c(N)cc(C(F)(F)F)cc1NC(=O)Nc1cc(C(F)(F)F)cc(N)c1N(CCN)CCN(CC)CC. The number of halogens is 6. The summed E-state index contributed by atoms with van der Waals surface area (Å²) in [6, 6.07) is 1.90. The van der Waals surface area contributed by atoms with E-state index in [0.717, 1.165) is 50.4 Å². The van der Waals surface area contributed by atoms with Gasteiger partial charge in [0, 0.05) is 52.4 Å². The number of benzene rings is 2. The van der Waals surface area contributed by atoms with Gasteiger partial charge in [0.25, 0.3) is 0 Å². The molecule has 0 radical (unpaired) electrons. The first-order valence-corrected chi connectivity index (χ1v) is 16.0. The van der Waals surface area contributed by atoms with Crippen LogP contribution in [0, 0.1) is 0 Å². The number of nitrogens with one attached hydrogen (secondary N) is 2. The molecule has 0 atom stereocenters. The standard InChI is InChI=1S/C31H50F6N10O/c1-5-44(6-2)13-15-46(11-9-38)27-23(40)17-21(30(32,33)34)19-25(27)42-29(48)43-26-20-22(31(35,36)37)18-24(41)28(26)47(12-10-39)16-14-45(7-3)8-4/h17-20H,5-16,38-41H2,1-4H3,(H2,42,43,48). The zero-order valence-electron chi connectivity index (χ0n) is 28.1. The number of alkyl halides is 6. The summed E-state index contributed by atoms with van der Waals surface area (Å²) in [6.07, 6.45) is -9.62. The van der Waals surface area contributed by atoms with Crippen molar-refractivity contribution in [1.82, 2.24) is 9.80 Å². The molecule has 0 fully saturated rings. The van der Waals surface area contributed by atoms with Crippen LogP contribution in [0.5, 0.6) is 0 Å². The van der Waals surface area contributed by atoms with Gasteiger partial charge in [-0.3, -0.25) is 0 Å². The van der Waals surface area contributed by atoms with Gasteiger partial charge in [0.15, 0.2) is 0 Å². The minimum absolute atomic E-state index is 0.100. The van der Waals surface area contributed by atoms with Crippen LogP contribution in [0.25, 0.3) is 0 Å². The highest BCUT2D eigenvalue weighted by Crippen LogP contribution is 2.42. The summed E-state index contributed by atoms with van der Waals surface area (Å²) in [5.41, 5.74) is 20.9. The normalized spacial score (nSPS) is 12.1. The molecule has 0 aliphatic heterocycles. The van der Waals surface area contributed by atoms with Gasteiger partial charge in [-0.1, -0.05) is 27.7 Å². The predicted molar refractivity (Wildman–Crippen MR) is 182 cm³/mol. The second-order valence-corrected chi connectivity index (χ2v) is 11.1. The van der Waals surface area contributed by atoms with Gasteiger partial charge in [0.2, 0.25) is 0 Å². The molecule has 2 rings (SSSR count). The van der Waals surface area contributed by atoms with Crippen molar-refractivity contribution in [1.29, 1.82) is 0 Å². The van der Waals surface area contributed by atoms with Crippen LogP contribution in [-0.4, -0.2) is 94.4 Å². The topological polar surface area (TPSA) is 158 Å². The monoisotopic (exact) mass is 692 g/mol. The number of amides is 2. The highest BCUT2D eigenvalue weighted by Gasteiger charge is 2.35. The lowest BCUT2D eigenvalue weighted by atomic mass is 10.1. The van der Waals surface area contributed by atoms with Crippen LogP contribution in [0.1, 0.15) is 38.8 Å². The summed E-state index contributed by atoms with van der Waals surface area (Å²) in [5, 5.41) is 4.82. The lowest BCUT2D eigenvalue weighted by Gasteiger charge is -2.32. The zero-order chi connectivity index (χ0) is 36.2. The largest absolute Gasteiger partial charge is 0.416 e. The first-order valence-electron chi connectivity index (χ1n) is 16.0. The Kier molecular flexibility index (Phi) is 15.4. The summed E-state index contributed by atoms with van der Waals surface area (Å²) >= 11 is 0. The minimum atomic E-state index is -4.81. The number of carbonyl (C=O) groups is 1. The van der Waals surface area contributed by atoms with Crippen LogP contribution >= 0.6 is 0 Å². The van der Waals surface area contributed by atoms with Gasteiger partial charge in [-0.15, -0.1) is 0 Å². The summed E-state index contributed by atoms with van der Waals surface area (Å²) in [7, 11) is 0. The molecule has 11 nitrogen and oxygen atoms in total. The Labute approximate surface area is 278 Å². The van der Waals surface area contributed by atoms with Gasteiger partial charge in [-0.25, -0.2) is 4.79 Å². The van der Waals surface area contributed by atoms with E-state index < -0.39 is 29.5 Å². The van der Waals surface area contributed by atoms with Crippen molar-refractivity contribution in [2.75, 3.05) is 110 Å². The van der Waals surface area contributed by atoms with E-state index in [0.29, 0.717) is 26.2 Å². The summed E-state index contributed by atoms with van der Waals surface area (Å²) in [4.78, 5) is 21.1. The maximum absolute atomic E-state index is 13.9. The third kappa shape index (κ3) is 11.2. The summed E-state index contributed by atoms with van der Waals surface area (Å²) in [5.74, 6) is 0. The molecule has 2 aromatic rings. The van der Waals surface area contributed by atoms with Crippen molar-refractivity contribution in [3.63, 3.8) is 0 Å². The highest BCUT2D eigenvalue weighted by atomic mass is 19.4. The van der Waals surface area contributed by atoms with E-state index in [1.165, 1.54) is 0 Å². The second kappa shape index (κ2) is 18.2. The smallest absolute Gasteiger partial charge is 0.397 e. The fraction of sp³-hybridized carbons (Fsp3) is 0.581. The molecule has 17 heteroatoms. The maximum atomic E-state index is 13.9. The van der Waals surface area contributed by atoms with E-state index in [1.807, 2.05) is 27.7 Å². The molecule has 0 aromatic heterocycles. The molecule has 272 valence electrons. The van der Waals surface area contributed by atoms with E-state index in [9.17, 15) is 31.1 Å². The van der Waals surface area contributed by atoms with Crippen LogP contribution in [0.3, 0.4) is 0 Å². The summed E-state index contributed by atoms with van der Waals surface area (Å²) in [6.45, 7) is 13.1. The minimum Gasteiger partial charge on any atom is -0.397 e. The molecule has 2 aromatic carbocycles. The summed E-state index contributed by atoms with van der Waals surface area (Å²) < 4.78 is 83.3. The second-order valence-electron chi connectivity index (χ2n) is 11.1. The zero-order valence-corrected chi connectivity index (χ0v) is 28.1. The molecule has 48 heavy (non-hydrogen) atoms. The van der Waals surface area contributed by atoms with Crippen molar-refractivity contribution in [3.8, 4) is 0 Å². The van der Waals surface area contributed by atoms with Gasteiger partial charge in [-0.05, 0) is 50.4 Å². The number of hydrogen-bond donors (Lipinski definition) is 6. The molecule has 2 amide bonds. The first kappa shape index (κ1) is 40.5. The fourth-order valence-electron chi connectivity index (χ4n) is 5.40. The molecular weight excluding hydrogens is 642 g/mol. The van der Waals surface area contributed by atoms with E-state index in [2.05, 4.69) is 20.4 Å². The van der Waals surface area contributed by atoms with Crippen LogP contribution in [-0.2, 0) is 12.4 Å². The number of nitrogen functional groups attached to an aromatic ring is 2. The third-order valence-electron chi connectivity index (χ3n) is 8.02. The number of nitrogens with two attached hydrogens (primary N) is 4. The molecule has 0 aliphatic rings. The molecule has 0 unspecified atom stereocenters. The molecular formula is C31H50F6N10O. The number of hydrogen-bond acceptors (Lipinski definition) is 9. The van der Waals surface area contributed by atoms with E-state index in [4.69, 9.17) is 22.9 Å². The lowest BCUT2D eigenvalue weighted by molar-refractivity contribution is -0.138. The van der Waals surface area contributed by atoms with Crippen molar-refractivity contribution in [2.24, 2.45) is 11.5 Å². The molecule has 10 N–H and O–H groups in total. The van der Waals surface area contributed by atoms with Gasteiger partial charge in [0.1, 0.15) is 0 Å². The van der Waals surface area contributed by atoms with Crippen LogP contribution in [0.4, 0.5) is 65.3 Å². The Balaban J connectivity index is 2.64. The number of nitrogens with zero attached hydrogens (tertiary/aromatic N) is 4. The Morgan fingerprint density at radius 3 is 1.21 bits per heavy atom. The Morgan fingerprint density at radius 1 is 0.604 bits per heavy atom. The Bertz CT molecular complexity index is 1220. The molecule has 0 saturated heterocycles. The lowest BCUT2D eigenvalue weighted by Crippen LogP contribution is -2.39. The maximum Gasteiger partial charge on any atom is 0.416 e. The highest BCUT2D eigenvalue weighted by molar-refractivity contribution is 6.06. The Morgan fingerprint density at radius 2 is 0.938 bits per heavy atom. The van der Waals surface area contributed by atoms with Gasteiger partial charge in [0.05, 0.1) is 45.3 Å². The number of anilines is 6. The molecule has 0 heterocycles. The van der Waals surface area contributed by atoms with Crippen LogP contribution < -0.4 is 43.4 Å². The van der Waals surface area contributed by atoms with Crippen LogP contribution in [0.15, 0.2) is 24.3 Å². The van der Waals surface area contributed by atoms with Gasteiger partial charge < -0.3 is 53.2 Å². The molecule has 0 aliphatic carbocycles. The molecule has 0 saturated carbocycles. The van der Waals surface area contributed by atoms with Gasteiger partial charge >= 0.3 is 18.4 Å².